The first-order valence-corrected chi connectivity index (χ1v) is 13.8. The highest BCUT2D eigenvalue weighted by atomic mass is 19.1. The fraction of sp³-hybridized carbons (Fsp3) is 0.414. The van der Waals surface area contributed by atoms with E-state index in [4.69, 9.17) is 19.4 Å². The molecular formula is C29H30FN7O4. The summed E-state index contributed by atoms with van der Waals surface area (Å²) >= 11 is 0. The van der Waals surface area contributed by atoms with Gasteiger partial charge in [-0.3, -0.25) is 9.78 Å². The summed E-state index contributed by atoms with van der Waals surface area (Å²) in [6.07, 6.45) is 5.18. The summed E-state index contributed by atoms with van der Waals surface area (Å²) in [6, 6.07) is 7.00. The molecule has 3 unspecified atom stereocenters. The first-order chi connectivity index (χ1) is 19.7. The molecule has 4 aliphatic rings. The molecule has 41 heavy (non-hydrogen) atoms. The van der Waals surface area contributed by atoms with E-state index in [1.807, 2.05) is 20.8 Å². The summed E-state index contributed by atoms with van der Waals surface area (Å²) in [7, 11) is 0. The number of hydrogen-bond acceptors (Lipinski definition) is 8. The minimum absolute atomic E-state index is 0.0201. The third-order valence-corrected chi connectivity index (χ3v) is 8.20. The van der Waals surface area contributed by atoms with Crippen LogP contribution >= 0.6 is 0 Å². The highest BCUT2D eigenvalue weighted by molar-refractivity contribution is 6.03. The smallest absolute Gasteiger partial charge is 0.323 e. The molecule has 2 N–H and O–H groups in total. The second-order valence-corrected chi connectivity index (χ2v) is 11.6. The Balaban J connectivity index is 1.28. The van der Waals surface area contributed by atoms with Gasteiger partial charge in [-0.05, 0) is 45.0 Å². The minimum Gasteiger partial charge on any atom is -0.469 e. The molecule has 3 amide bonds. The maximum Gasteiger partial charge on any atom is 0.323 e. The Bertz CT molecular complexity index is 1570. The maximum absolute atomic E-state index is 15.5. The van der Waals surface area contributed by atoms with Gasteiger partial charge in [0, 0.05) is 49.6 Å². The third kappa shape index (κ3) is 4.33. The topological polar surface area (TPSA) is 122 Å². The highest BCUT2D eigenvalue weighted by Gasteiger charge is 2.70. The average molecular weight is 560 g/mol. The zero-order chi connectivity index (χ0) is 28.5. The van der Waals surface area contributed by atoms with Crippen LogP contribution in [0.3, 0.4) is 0 Å². The summed E-state index contributed by atoms with van der Waals surface area (Å²) < 4.78 is 27.8. The van der Waals surface area contributed by atoms with Crippen molar-refractivity contribution in [3.63, 3.8) is 0 Å². The number of morpholine rings is 1. The predicted octanol–water partition coefficient (Wildman–Crippen LogP) is 4.07. The number of amides is 3. The van der Waals surface area contributed by atoms with Gasteiger partial charge in [-0.2, -0.15) is 4.98 Å². The number of rotatable bonds is 5. The number of nitrogens with zero attached hydrogens (tertiary/aromatic N) is 5. The zero-order valence-electron chi connectivity index (χ0n) is 23.0. The number of aromatic nitrogens is 3. The summed E-state index contributed by atoms with van der Waals surface area (Å²) in [4.78, 5) is 43.7. The van der Waals surface area contributed by atoms with Gasteiger partial charge in [0.15, 0.2) is 0 Å². The molecule has 1 aliphatic carbocycles. The van der Waals surface area contributed by atoms with Crippen LogP contribution in [0.5, 0.6) is 5.88 Å². The minimum atomic E-state index is -0.700. The highest BCUT2D eigenvalue weighted by Crippen LogP contribution is 2.59. The molecule has 2 bridgehead atoms. The van der Waals surface area contributed by atoms with Crippen molar-refractivity contribution in [2.75, 3.05) is 35.2 Å². The van der Waals surface area contributed by atoms with Crippen LogP contribution in [0.25, 0.3) is 11.3 Å². The fourth-order valence-electron chi connectivity index (χ4n) is 6.24. The first-order valence-electron chi connectivity index (χ1n) is 13.8. The monoisotopic (exact) mass is 559 g/mol. The summed E-state index contributed by atoms with van der Waals surface area (Å²) in [5.74, 6) is -0.319. The molecule has 12 heteroatoms. The SMILES string of the molecule is CCN1CC(C)(C)Oc2nc(N3CC4CC35CC5O4)nc(-c3ccc(NC(=O)Nc4ccncc4)c(F)c3)c2C1=O. The van der Waals surface area contributed by atoms with Gasteiger partial charge in [-0.1, -0.05) is 6.07 Å². The van der Waals surface area contributed by atoms with Gasteiger partial charge >= 0.3 is 6.03 Å². The Morgan fingerprint density at radius 2 is 1.95 bits per heavy atom. The first kappa shape index (κ1) is 25.6. The largest absolute Gasteiger partial charge is 0.469 e. The zero-order valence-corrected chi connectivity index (χ0v) is 23.0. The van der Waals surface area contributed by atoms with Crippen molar-refractivity contribution in [1.82, 2.24) is 19.9 Å². The number of urea groups is 1. The van der Waals surface area contributed by atoms with Crippen molar-refractivity contribution in [3.05, 3.63) is 54.1 Å². The molecule has 3 aliphatic heterocycles. The van der Waals surface area contributed by atoms with E-state index < -0.39 is 17.4 Å². The molecular weight excluding hydrogens is 529 g/mol. The number of ether oxygens (including phenoxy) is 2. The van der Waals surface area contributed by atoms with Crippen LogP contribution in [0, 0.1) is 5.82 Å². The molecule has 2 aromatic heterocycles. The Labute approximate surface area is 236 Å². The van der Waals surface area contributed by atoms with E-state index in [0.29, 0.717) is 36.8 Å². The van der Waals surface area contributed by atoms with Gasteiger partial charge in [-0.15, -0.1) is 0 Å². The number of fused-ring (bicyclic) bond motifs is 2. The van der Waals surface area contributed by atoms with Crippen LogP contribution < -0.4 is 20.3 Å². The molecule has 2 saturated heterocycles. The number of halogens is 1. The molecule has 7 rings (SSSR count). The van der Waals surface area contributed by atoms with Gasteiger partial charge in [0.05, 0.1) is 35.7 Å². The maximum atomic E-state index is 15.5. The summed E-state index contributed by atoms with van der Waals surface area (Å²) in [5.41, 5.74) is 0.531. The van der Waals surface area contributed by atoms with Crippen LogP contribution in [0.2, 0.25) is 0 Å². The number of hydrogen-bond donors (Lipinski definition) is 2. The second kappa shape index (κ2) is 9.10. The van der Waals surface area contributed by atoms with Crippen molar-refractivity contribution in [3.8, 4) is 17.1 Å². The molecule has 212 valence electrons. The van der Waals surface area contributed by atoms with Gasteiger partial charge in [-0.25, -0.2) is 14.2 Å². The van der Waals surface area contributed by atoms with Crippen molar-refractivity contribution in [2.24, 2.45) is 0 Å². The number of nitrogens with one attached hydrogen (secondary N) is 2. The molecule has 3 atom stereocenters. The third-order valence-electron chi connectivity index (χ3n) is 8.20. The second-order valence-electron chi connectivity index (χ2n) is 11.6. The summed E-state index contributed by atoms with van der Waals surface area (Å²) in [6.45, 7) is 7.21. The Morgan fingerprint density at radius 3 is 2.66 bits per heavy atom. The molecule has 5 heterocycles. The van der Waals surface area contributed by atoms with Crippen molar-refractivity contribution < 1.29 is 23.5 Å². The number of anilines is 3. The van der Waals surface area contributed by atoms with Gasteiger partial charge in [0.2, 0.25) is 11.8 Å². The van der Waals surface area contributed by atoms with E-state index in [2.05, 4.69) is 20.5 Å². The van der Waals surface area contributed by atoms with E-state index in [1.54, 1.807) is 35.5 Å². The van der Waals surface area contributed by atoms with Gasteiger partial charge in [0.25, 0.3) is 5.91 Å². The number of carbonyl (C=O) groups excluding carboxylic acids is 2. The van der Waals surface area contributed by atoms with Crippen LogP contribution in [0.1, 0.15) is 44.0 Å². The molecule has 3 aromatic rings. The fourth-order valence-corrected chi connectivity index (χ4v) is 6.24. The van der Waals surface area contributed by atoms with E-state index in [-0.39, 0.29) is 46.5 Å². The number of benzene rings is 1. The lowest BCUT2D eigenvalue weighted by atomic mass is 10.0. The summed E-state index contributed by atoms with van der Waals surface area (Å²) in [5, 5.41) is 5.17. The Kier molecular flexibility index (Phi) is 5.69. The molecule has 3 fully saturated rings. The molecule has 1 spiro atoms. The Morgan fingerprint density at radius 1 is 1.15 bits per heavy atom. The van der Waals surface area contributed by atoms with Crippen LogP contribution in [0.15, 0.2) is 42.7 Å². The van der Waals surface area contributed by atoms with Gasteiger partial charge in [0.1, 0.15) is 17.0 Å². The van der Waals surface area contributed by atoms with Crippen LogP contribution in [0.4, 0.5) is 26.5 Å². The quantitative estimate of drug-likeness (QED) is 0.480. The van der Waals surface area contributed by atoms with E-state index in [0.717, 1.165) is 12.8 Å². The average Bonchev–Trinajstić information content (AvgIpc) is 3.41. The molecule has 1 aromatic carbocycles. The lowest BCUT2D eigenvalue weighted by Crippen LogP contribution is -2.42. The normalized spacial score (nSPS) is 25.2. The van der Waals surface area contributed by atoms with E-state index in [9.17, 15) is 9.59 Å². The lowest BCUT2D eigenvalue weighted by molar-refractivity contribution is 0.0541. The number of likely N-dealkylation sites (N-methyl/N-ethyl adjacent to an activating group) is 1. The predicted molar refractivity (Wildman–Crippen MR) is 149 cm³/mol. The molecule has 0 radical (unpaired) electrons. The van der Waals surface area contributed by atoms with Crippen molar-refractivity contribution in [2.45, 2.75) is 57.0 Å². The Hall–Kier alpha value is -4.32. The number of pyridine rings is 1. The van der Waals surface area contributed by atoms with Gasteiger partial charge < -0.3 is 29.9 Å². The molecule has 1 saturated carbocycles. The van der Waals surface area contributed by atoms with Crippen molar-refractivity contribution in [1.29, 1.82) is 0 Å². The van der Waals surface area contributed by atoms with E-state index in [1.165, 1.54) is 12.1 Å². The number of carbonyl (C=O) groups is 2. The van der Waals surface area contributed by atoms with Crippen molar-refractivity contribution >= 4 is 29.3 Å². The van der Waals surface area contributed by atoms with E-state index >= 15 is 4.39 Å². The van der Waals surface area contributed by atoms with Crippen LogP contribution in [-0.2, 0) is 4.74 Å². The standard InChI is InChI=1S/C29H30FN7O4/c1-4-36-15-28(2,3)41-24-22(25(36)38)23(34-26(35-24)37-14-18-12-29(37)13-21(29)40-18)16-5-6-20(19(30)11-16)33-27(39)32-17-7-9-31-10-8-17/h5-11,18,21H,4,12-15H2,1-3H3,(H2,31,32,33,39). The lowest BCUT2D eigenvalue weighted by Gasteiger charge is -2.29. The van der Waals surface area contributed by atoms with Crippen LogP contribution in [-0.4, -0.2) is 74.8 Å². The molecule has 11 nitrogen and oxygen atoms in total.